The molecule has 8 heavy (non-hydrogen) atoms. The zero-order chi connectivity index (χ0) is 6.62. The fourth-order valence-electron chi connectivity index (χ4n) is 0.226. The smallest absolute Gasteiger partial charge is 0.0978 e. The minimum absolute atomic E-state index is 0.0243. The van der Waals surface area contributed by atoms with E-state index in [1.54, 1.807) is 6.07 Å². The molecule has 0 aromatic heterocycles. The Bertz CT molecular complexity index is 103. The summed E-state index contributed by atoms with van der Waals surface area (Å²) < 4.78 is 0. The minimum atomic E-state index is -1.21. The van der Waals surface area contributed by atoms with Crippen molar-refractivity contribution in [3.8, 4) is 6.07 Å². The summed E-state index contributed by atoms with van der Waals surface area (Å²) in [6.45, 7) is 1.05. The predicted octanol–water partition coefficient (Wildman–Crippen LogP) is -0.357. The Morgan fingerprint density at radius 3 is 2.38 bits per heavy atom. The maximum absolute atomic E-state index is 8.85. The number of rotatable bonds is 2. The molecule has 0 unspecified atom stereocenters. The van der Waals surface area contributed by atoms with Crippen LogP contribution in [0.2, 0.25) is 0 Å². The van der Waals surface area contributed by atoms with Gasteiger partial charge in [-0.3, -0.25) is 0 Å². The van der Waals surface area contributed by atoms with E-state index >= 15 is 0 Å². The van der Waals surface area contributed by atoms with Crippen molar-refractivity contribution in [1.29, 1.82) is 5.26 Å². The van der Waals surface area contributed by atoms with Crippen molar-refractivity contribution in [2.45, 2.75) is 18.9 Å². The van der Waals surface area contributed by atoms with E-state index in [1.807, 2.05) is 0 Å². The Hall–Kier alpha value is -0.590. The van der Waals surface area contributed by atoms with Gasteiger partial charge in [-0.2, -0.15) is 5.26 Å². The number of nitriles is 1. The van der Waals surface area contributed by atoms with E-state index in [0.717, 1.165) is 0 Å². The molecule has 3 nitrogen and oxygen atoms in total. The van der Waals surface area contributed by atoms with Gasteiger partial charge in [0.25, 0.3) is 0 Å². The summed E-state index contributed by atoms with van der Waals surface area (Å²) in [5, 5.41) is 25.2. The maximum Gasteiger partial charge on any atom is 0.0978 e. The van der Waals surface area contributed by atoms with Gasteiger partial charge in [-0.25, -0.2) is 0 Å². The molecule has 0 amide bonds. The van der Waals surface area contributed by atoms with Crippen LogP contribution >= 0.6 is 0 Å². The van der Waals surface area contributed by atoms with E-state index in [-0.39, 0.29) is 13.0 Å². The predicted molar refractivity (Wildman–Crippen MR) is 27.9 cm³/mol. The monoisotopic (exact) mass is 115 g/mol. The number of aliphatic hydroxyl groups is 2. The van der Waals surface area contributed by atoms with E-state index < -0.39 is 5.60 Å². The topological polar surface area (TPSA) is 64.2 Å². The van der Waals surface area contributed by atoms with Crippen LogP contribution in [0.25, 0.3) is 0 Å². The molecule has 3 heteroatoms. The Balaban J connectivity index is 3.58. The van der Waals surface area contributed by atoms with Crippen LogP contribution in [0.4, 0.5) is 0 Å². The van der Waals surface area contributed by atoms with E-state index in [1.165, 1.54) is 6.92 Å². The van der Waals surface area contributed by atoms with Crippen molar-refractivity contribution in [2.75, 3.05) is 6.61 Å². The second kappa shape index (κ2) is 2.65. The summed E-state index contributed by atoms with van der Waals surface area (Å²) in [6, 6.07) is 1.75. The number of aliphatic hydroxyl groups excluding tert-OH is 1. The lowest BCUT2D eigenvalue weighted by Crippen LogP contribution is -2.27. The van der Waals surface area contributed by atoms with Crippen LogP contribution in [0.5, 0.6) is 0 Å². The minimum Gasteiger partial charge on any atom is -0.393 e. The van der Waals surface area contributed by atoms with E-state index in [4.69, 9.17) is 15.5 Å². The summed E-state index contributed by atoms with van der Waals surface area (Å²) in [7, 11) is 0. The van der Waals surface area contributed by atoms with Gasteiger partial charge in [-0.15, -0.1) is 0 Å². The number of hydrogen-bond acceptors (Lipinski definition) is 3. The molecule has 0 aromatic carbocycles. The second-order valence-electron chi connectivity index (χ2n) is 1.99. The highest BCUT2D eigenvalue weighted by molar-refractivity contribution is 4.84. The molecule has 2 N–H and O–H groups in total. The summed E-state index contributed by atoms with van der Waals surface area (Å²) in [4.78, 5) is 0. The molecule has 0 spiro atoms. The molecule has 46 valence electrons. The molecule has 0 aliphatic rings. The Kier molecular flexibility index (Phi) is 2.46. The number of hydrogen-bond donors (Lipinski definition) is 2. The lowest BCUT2D eigenvalue weighted by molar-refractivity contribution is 0.00594. The van der Waals surface area contributed by atoms with Crippen LogP contribution in [0, 0.1) is 11.3 Å². The zero-order valence-electron chi connectivity index (χ0n) is 4.76. The van der Waals surface area contributed by atoms with Gasteiger partial charge in [-0.05, 0) is 6.92 Å². The Labute approximate surface area is 48.2 Å². The van der Waals surface area contributed by atoms with Crippen LogP contribution < -0.4 is 0 Å². The molecule has 0 fully saturated rings. The lowest BCUT2D eigenvalue weighted by Gasteiger charge is -2.14. The lowest BCUT2D eigenvalue weighted by atomic mass is 10.1. The molecule has 1 atom stereocenters. The fourth-order valence-corrected chi connectivity index (χ4v) is 0.226. The first-order valence-electron chi connectivity index (χ1n) is 2.32. The third kappa shape index (κ3) is 2.56. The quantitative estimate of drug-likeness (QED) is 0.516. The van der Waals surface area contributed by atoms with Crippen LogP contribution in [0.15, 0.2) is 0 Å². The normalized spacial score (nSPS) is 16.8. The third-order valence-electron chi connectivity index (χ3n) is 0.801. The summed E-state index contributed by atoms with van der Waals surface area (Å²) in [5.41, 5.74) is -1.21. The van der Waals surface area contributed by atoms with Gasteiger partial charge in [-0.1, -0.05) is 0 Å². The van der Waals surface area contributed by atoms with Gasteiger partial charge in [0.1, 0.15) is 0 Å². The molecule has 0 radical (unpaired) electrons. The summed E-state index contributed by atoms with van der Waals surface area (Å²) >= 11 is 0. The molecule has 0 aliphatic heterocycles. The molecule has 0 aliphatic carbocycles. The van der Waals surface area contributed by atoms with Gasteiger partial charge in [0, 0.05) is 0 Å². The van der Waals surface area contributed by atoms with Gasteiger partial charge >= 0.3 is 0 Å². The van der Waals surface area contributed by atoms with Crippen LogP contribution in [0.1, 0.15) is 13.3 Å². The highest BCUT2D eigenvalue weighted by Gasteiger charge is 2.17. The van der Waals surface area contributed by atoms with Crippen molar-refractivity contribution in [3.63, 3.8) is 0 Å². The maximum atomic E-state index is 8.85. The molecule has 0 saturated heterocycles. The molecule has 0 rings (SSSR count). The Morgan fingerprint density at radius 1 is 1.75 bits per heavy atom. The number of nitrogens with zero attached hydrogens (tertiary/aromatic N) is 1. The second-order valence-corrected chi connectivity index (χ2v) is 1.99. The van der Waals surface area contributed by atoms with Gasteiger partial charge < -0.3 is 10.2 Å². The summed E-state index contributed by atoms with van der Waals surface area (Å²) in [5.74, 6) is 0. The van der Waals surface area contributed by atoms with Crippen molar-refractivity contribution >= 4 is 0 Å². The molecule has 0 bridgehead atoms. The van der Waals surface area contributed by atoms with Gasteiger partial charge in [0.2, 0.25) is 0 Å². The van der Waals surface area contributed by atoms with E-state index in [2.05, 4.69) is 0 Å². The highest BCUT2D eigenvalue weighted by Crippen LogP contribution is 2.04. The zero-order valence-corrected chi connectivity index (χ0v) is 4.76. The SMILES string of the molecule is C[C@@](O)(CO)CC#N. The molecule has 0 saturated carbocycles. The first-order chi connectivity index (χ1) is 3.62. The van der Waals surface area contributed by atoms with Crippen molar-refractivity contribution < 1.29 is 10.2 Å². The van der Waals surface area contributed by atoms with E-state index in [9.17, 15) is 0 Å². The van der Waals surface area contributed by atoms with Gasteiger partial charge in [0.05, 0.1) is 24.7 Å². The molecular formula is C5H9NO2. The van der Waals surface area contributed by atoms with E-state index in [0.29, 0.717) is 0 Å². The standard InChI is InChI=1S/C5H9NO2/c1-5(8,4-7)2-3-6/h7-8H,2,4H2,1H3/t5-/m0/s1. The molecular weight excluding hydrogens is 106 g/mol. The third-order valence-corrected chi connectivity index (χ3v) is 0.801. The summed E-state index contributed by atoms with van der Waals surface area (Å²) in [6.07, 6.45) is -0.0243. The average Bonchev–Trinajstić information content (AvgIpc) is 1.67. The highest BCUT2D eigenvalue weighted by atomic mass is 16.3. The van der Waals surface area contributed by atoms with Crippen LogP contribution in [-0.2, 0) is 0 Å². The molecule has 0 heterocycles. The van der Waals surface area contributed by atoms with Gasteiger partial charge in [0.15, 0.2) is 0 Å². The first-order valence-corrected chi connectivity index (χ1v) is 2.32. The fraction of sp³-hybridized carbons (Fsp3) is 0.800. The van der Waals surface area contributed by atoms with Crippen LogP contribution in [-0.4, -0.2) is 22.4 Å². The van der Waals surface area contributed by atoms with Crippen molar-refractivity contribution in [3.05, 3.63) is 0 Å². The van der Waals surface area contributed by atoms with Crippen molar-refractivity contribution in [2.24, 2.45) is 0 Å². The first kappa shape index (κ1) is 7.41. The average molecular weight is 115 g/mol. The largest absolute Gasteiger partial charge is 0.393 e. The Morgan fingerprint density at radius 2 is 2.25 bits per heavy atom. The van der Waals surface area contributed by atoms with Crippen molar-refractivity contribution in [1.82, 2.24) is 0 Å². The molecule has 0 aromatic rings. The van der Waals surface area contributed by atoms with Crippen LogP contribution in [0.3, 0.4) is 0 Å².